The van der Waals surface area contributed by atoms with Gasteiger partial charge < -0.3 is 9.47 Å². The third kappa shape index (κ3) is 5.14. The number of benzene rings is 2. The van der Waals surface area contributed by atoms with E-state index in [0.717, 1.165) is 42.8 Å². The molecule has 1 aromatic heterocycles. The summed E-state index contributed by atoms with van der Waals surface area (Å²) in [5, 5.41) is 4.81. The Morgan fingerprint density at radius 1 is 1.06 bits per heavy atom. The van der Waals surface area contributed by atoms with E-state index in [9.17, 15) is 8.42 Å². The van der Waals surface area contributed by atoms with Gasteiger partial charge in [-0.2, -0.15) is 5.10 Å². The minimum Gasteiger partial charge on any atom is -0.493 e. The number of aromatic nitrogens is 2. The molecule has 1 N–H and O–H groups in total. The van der Waals surface area contributed by atoms with E-state index in [-0.39, 0.29) is 11.8 Å². The van der Waals surface area contributed by atoms with E-state index >= 15 is 0 Å². The van der Waals surface area contributed by atoms with Crippen molar-refractivity contribution < 1.29 is 17.9 Å². The smallest absolute Gasteiger partial charge is 0.215 e. The first kappa shape index (κ1) is 24.8. The number of ether oxygens (including phenoxy) is 2. The molecule has 4 heterocycles. The number of rotatable bonds is 9. The van der Waals surface area contributed by atoms with Crippen molar-refractivity contribution in [1.82, 2.24) is 19.4 Å². The van der Waals surface area contributed by atoms with Gasteiger partial charge in [0.05, 0.1) is 25.7 Å². The second-order valence-electron chi connectivity index (χ2n) is 9.78. The Morgan fingerprint density at radius 2 is 1.83 bits per heavy atom. The highest BCUT2D eigenvalue weighted by Gasteiger charge is 2.42. The minimum atomic E-state index is -3.37. The lowest BCUT2D eigenvalue weighted by Crippen LogP contribution is -2.56. The quantitative estimate of drug-likeness (QED) is 0.475. The molecule has 1 unspecified atom stereocenters. The van der Waals surface area contributed by atoms with Crippen molar-refractivity contribution in [2.75, 3.05) is 33.9 Å². The van der Waals surface area contributed by atoms with Crippen LogP contribution in [0.4, 0.5) is 0 Å². The Kier molecular flexibility index (Phi) is 7.05. The van der Waals surface area contributed by atoms with Crippen LogP contribution in [0.3, 0.4) is 0 Å². The third-order valence-electron chi connectivity index (χ3n) is 7.59. The predicted molar refractivity (Wildman–Crippen MR) is 140 cm³/mol. The number of hydrogen-bond acceptors (Lipinski definition) is 6. The Hall–Kier alpha value is -2.88. The molecular weight excluding hydrogens is 476 g/mol. The van der Waals surface area contributed by atoms with E-state index in [2.05, 4.69) is 15.7 Å². The lowest BCUT2D eigenvalue weighted by Gasteiger charge is -2.50. The van der Waals surface area contributed by atoms with Crippen LogP contribution in [0.2, 0.25) is 0 Å². The summed E-state index contributed by atoms with van der Waals surface area (Å²) in [5.41, 5.74) is 3.92. The van der Waals surface area contributed by atoms with Crippen LogP contribution in [-0.2, 0) is 22.8 Å². The summed E-state index contributed by atoms with van der Waals surface area (Å²) in [5.74, 6) is 2.28. The SMILES string of the molecule is COc1ccc(-c2cc([C@H]3CN4CC[C@H]3C[C@@H]4CNS(=O)(=O)Cc3ccccc3)n(C)n2)cc1OC. The molecule has 8 nitrogen and oxygen atoms in total. The summed E-state index contributed by atoms with van der Waals surface area (Å²) in [7, 11) is 1.90. The fraction of sp³-hybridized carbons (Fsp3) is 0.444. The number of nitrogens with one attached hydrogen (secondary N) is 1. The van der Waals surface area contributed by atoms with Gasteiger partial charge in [-0.3, -0.25) is 9.58 Å². The van der Waals surface area contributed by atoms with E-state index in [1.54, 1.807) is 14.2 Å². The Morgan fingerprint density at radius 3 is 2.53 bits per heavy atom. The van der Waals surface area contributed by atoms with E-state index in [0.29, 0.717) is 29.9 Å². The van der Waals surface area contributed by atoms with Crippen LogP contribution in [0.1, 0.15) is 30.0 Å². The maximum absolute atomic E-state index is 12.6. The van der Waals surface area contributed by atoms with E-state index < -0.39 is 10.0 Å². The summed E-state index contributed by atoms with van der Waals surface area (Å²) in [4.78, 5) is 2.44. The van der Waals surface area contributed by atoms with Crippen LogP contribution in [0.15, 0.2) is 54.6 Å². The minimum absolute atomic E-state index is 0.0144. The molecule has 3 aromatic rings. The molecule has 36 heavy (non-hydrogen) atoms. The van der Waals surface area contributed by atoms with Gasteiger partial charge in [0, 0.05) is 43.4 Å². The first-order chi connectivity index (χ1) is 17.4. The van der Waals surface area contributed by atoms with Crippen LogP contribution < -0.4 is 14.2 Å². The molecule has 3 fully saturated rings. The monoisotopic (exact) mass is 510 g/mol. The molecule has 0 spiro atoms. The summed E-state index contributed by atoms with van der Waals surface area (Å²) < 4.78 is 41.0. The van der Waals surface area contributed by atoms with Crippen molar-refractivity contribution in [3.05, 3.63) is 65.9 Å². The number of piperidine rings is 3. The van der Waals surface area contributed by atoms with Gasteiger partial charge in [-0.05, 0) is 55.1 Å². The van der Waals surface area contributed by atoms with E-state index in [1.807, 2.05) is 60.3 Å². The first-order valence-corrected chi connectivity index (χ1v) is 14.0. The van der Waals surface area contributed by atoms with Gasteiger partial charge in [-0.15, -0.1) is 0 Å². The Balaban J connectivity index is 1.26. The van der Waals surface area contributed by atoms with Gasteiger partial charge in [0.1, 0.15) is 0 Å². The fourth-order valence-electron chi connectivity index (χ4n) is 5.72. The van der Waals surface area contributed by atoms with Gasteiger partial charge >= 0.3 is 0 Å². The average Bonchev–Trinajstić information content (AvgIpc) is 3.29. The maximum Gasteiger partial charge on any atom is 0.215 e. The highest BCUT2D eigenvalue weighted by molar-refractivity contribution is 7.88. The van der Waals surface area contributed by atoms with Crippen LogP contribution >= 0.6 is 0 Å². The zero-order valence-electron chi connectivity index (χ0n) is 21.1. The number of hydrogen-bond donors (Lipinski definition) is 1. The van der Waals surface area contributed by atoms with Gasteiger partial charge in [-0.1, -0.05) is 30.3 Å². The highest BCUT2D eigenvalue weighted by atomic mass is 32.2. The topological polar surface area (TPSA) is 85.7 Å². The fourth-order valence-corrected chi connectivity index (χ4v) is 6.90. The molecule has 3 aliphatic rings. The molecule has 2 aromatic carbocycles. The largest absolute Gasteiger partial charge is 0.493 e. The van der Waals surface area contributed by atoms with Crippen LogP contribution in [0.25, 0.3) is 11.3 Å². The second-order valence-corrected chi connectivity index (χ2v) is 11.6. The van der Waals surface area contributed by atoms with Crippen molar-refractivity contribution in [2.24, 2.45) is 13.0 Å². The summed E-state index contributed by atoms with van der Waals surface area (Å²) in [6.07, 6.45) is 2.10. The molecule has 3 saturated heterocycles. The standard InChI is InChI=1S/C27H34N4O4S/c1-30-25(15-24(29-30)21-9-10-26(34-2)27(14-21)35-3)23-17-31-12-11-20(23)13-22(31)16-28-36(32,33)18-19-7-5-4-6-8-19/h4-10,14-15,20,22-23,28H,11-13,16-18H2,1-3H3/t20-,22+,23-/m0/s1. The first-order valence-electron chi connectivity index (χ1n) is 12.4. The predicted octanol–water partition coefficient (Wildman–Crippen LogP) is 3.40. The highest BCUT2D eigenvalue weighted by Crippen LogP contribution is 2.42. The van der Waals surface area contributed by atoms with Gasteiger partial charge in [0.15, 0.2) is 11.5 Å². The number of aryl methyl sites for hydroxylation is 1. The molecule has 3 aliphatic heterocycles. The lowest BCUT2D eigenvalue weighted by atomic mass is 9.74. The van der Waals surface area contributed by atoms with E-state index in [1.165, 1.54) is 5.69 Å². The molecular formula is C27H34N4O4S. The lowest BCUT2D eigenvalue weighted by molar-refractivity contribution is 0.0306. The molecule has 0 saturated carbocycles. The average molecular weight is 511 g/mol. The molecule has 4 atom stereocenters. The normalized spacial score (nSPS) is 23.5. The molecule has 192 valence electrons. The molecule has 6 rings (SSSR count). The van der Waals surface area contributed by atoms with Crippen molar-refractivity contribution in [1.29, 1.82) is 0 Å². The van der Waals surface area contributed by atoms with Crippen molar-refractivity contribution >= 4 is 10.0 Å². The van der Waals surface area contributed by atoms with Crippen molar-refractivity contribution in [2.45, 2.75) is 30.6 Å². The third-order valence-corrected chi connectivity index (χ3v) is 8.91. The summed E-state index contributed by atoms with van der Waals surface area (Å²) in [6, 6.07) is 17.6. The summed E-state index contributed by atoms with van der Waals surface area (Å²) in [6.45, 7) is 2.38. The summed E-state index contributed by atoms with van der Waals surface area (Å²) >= 11 is 0. The second kappa shape index (κ2) is 10.2. The van der Waals surface area contributed by atoms with Crippen LogP contribution in [0, 0.1) is 5.92 Å². The number of methoxy groups -OCH3 is 2. The van der Waals surface area contributed by atoms with Crippen molar-refractivity contribution in [3.63, 3.8) is 0 Å². The molecule has 2 bridgehead atoms. The van der Waals surface area contributed by atoms with Gasteiger partial charge in [0.2, 0.25) is 10.0 Å². The van der Waals surface area contributed by atoms with Gasteiger partial charge in [0.25, 0.3) is 0 Å². The molecule has 0 radical (unpaired) electrons. The van der Waals surface area contributed by atoms with E-state index in [4.69, 9.17) is 14.6 Å². The van der Waals surface area contributed by atoms with Crippen LogP contribution in [0.5, 0.6) is 11.5 Å². The molecule has 9 heteroatoms. The molecule has 0 amide bonds. The number of fused-ring (bicyclic) bond motifs is 3. The Labute approximate surface area is 213 Å². The van der Waals surface area contributed by atoms with Gasteiger partial charge in [-0.25, -0.2) is 13.1 Å². The number of sulfonamides is 1. The maximum atomic E-state index is 12.6. The Bertz CT molecular complexity index is 1310. The zero-order valence-corrected chi connectivity index (χ0v) is 21.9. The van der Waals surface area contributed by atoms with Crippen molar-refractivity contribution in [3.8, 4) is 22.8 Å². The zero-order chi connectivity index (χ0) is 25.3. The van der Waals surface area contributed by atoms with Crippen LogP contribution in [-0.4, -0.2) is 63.0 Å². The number of nitrogens with zero attached hydrogens (tertiary/aromatic N) is 3. The molecule has 0 aliphatic carbocycles.